The molecule has 0 aliphatic carbocycles. The number of halogens is 1. The molecule has 1 aromatic carbocycles. The van der Waals surface area contributed by atoms with Crippen molar-refractivity contribution < 1.29 is 9.72 Å². The zero-order valence-corrected chi connectivity index (χ0v) is 11.9. The van der Waals surface area contributed by atoms with Crippen molar-refractivity contribution in [3.05, 3.63) is 38.9 Å². The zero-order chi connectivity index (χ0) is 14.5. The quantitative estimate of drug-likeness (QED) is 0.618. The first kappa shape index (κ1) is 14.8. The lowest BCUT2D eigenvalue weighted by molar-refractivity contribution is -0.385. The highest BCUT2D eigenvalue weighted by atomic mass is 35.5. The Labute approximate surface area is 122 Å². The highest BCUT2D eigenvalue weighted by molar-refractivity contribution is 6.31. The Bertz CT molecular complexity index is 511. The minimum absolute atomic E-state index is 0.125. The Balaban J connectivity index is 2.25. The molecule has 1 aliphatic rings. The molecule has 0 atom stereocenters. The van der Waals surface area contributed by atoms with Crippen molar-refractivity contribution in [1.29, 1.82) is 0 Å². The molecule has 5 nitrogen and oxygen atoms in total. The van der Waals surface area contributed by atoms with Gasteiger partial charge in [0.15, 0.2) is 0 Å². The molecule has 1 saturated heterocycles. The van der Waals surface area contributed by atoms with E-state index >= 15 is 0 Å². The Morgan fingerprint density at radius 3 is 2.35 bits per heavy atom. The van der Waals surface area contributed by atoms with Crippen molar-refractivity contribution >= 4 is 23.2 Å². The van der Waals surface area contributed by atoms with Gasteiger partial charge in [-0.05, 0) is 25.0 Å². The molecule has 2 rings (SSSR count). The molecule has 1 amide bonds. The molecule has 108 valence electrons. The van der Waals surface area contributed by atoms with Gasteiger partial charge in [0.05, 0.1) is 4.92 Å². The highest BCUT2D eigenvalue weighted by Crippen LogP contribution is 2.25. The molecule has 1 aliphatic heterocycles. The zero-order valence-electron chi connectivity index (χ0n) is 11.2. The summed E-state index contributed by atoms with van der Waals surface area (Å²) in [4.78, 5) is 24.7. The molecule has 1 aromatic rings. The number of likely N-dealkylation sites (tertiary alicyclic amines) is 1. The Morgan fingerprint density at radius 2 is 1.75 bits per heavy atom. The Kier molecular flexibility index (Phi) is 4.95. The third-order valence-corrected chi connectivity index (χ3v) is 3.77. The average molecular weight is 297 g/mol. The molecule has 0 radical (unpaired) electrons. The minimum atomic E-state index is -0.552. The summed E-state index contributed by atoms with van der Waals surface area (Å²) in [5.74, 6) is -0.268. The van der Waals surface area contributed by atoms with Crippen LogP contribution in [-0.4, -0.2) is 28.8 Å². The van der Waals surface area contributed by atoms with Gasteiger partial charge in [-0.25, -0.2) is 0 Å². The first-order valence-corrected chi connectivity index (χ1v) is 7.20. The molecule has 0 unspecified atom stereocenters. The summed E-state index contributed by atoms with van der Waals surface area (Å²) in [6, 6.07) is 4.20. The SMILES string of the molecule is O=C(c1ccc(Cl)cc1[N+](=O)[O-])N1CCCCCCC1. The van der Waals surface area contributed by atoms with Crippen LogP contribution in [0.15, 0.2) is 18.2 Å². The summed E-state index contributed by atoms with van der Waals surface area (Å²) in [5.41, 5.74) is -0.0930. The van der Waals surface area contributed by atoms with Crippen molar-refractivity contribution in [2.45, 2.75) is 32.1 Å². The van der Waals surface area contributed by atoms with Crippen molar-refractivity contribution in [2.75, 3.05) is 13.1 Å². The smallest absolute Gasteiger partial charge is 0.283 e. The van der Waals surface area contributed by atoms with E-state index in [0.29, 0.717) is 13.1 Å². The summed E-state index contributed by atoms with van der Waals surface area (Å²) in [6.45, 7) is 1.33. The van der Waals surface area contributed by atoms with E-state index in [1.807, 2.05) is 0 Å². The Hall–Kier alpha value is -1.62. The monoisotopic (exact) mass is 296 g/mol. The van der Waals surface area contributed by atoms with Crippen molar-refractivity contribution in [3.63, 3.8) is 0 Å². The van der Waals surface area contributed by atoms with Gasteiger partial charge >= 0.3 is 0 Å². The molecule has 0 saturated carbocycles. The van der Waals surface area contributed by atoms with Gasteiger partial charge in [-0.3, -0.25) is 14.9 Å². The molecular formula is C14H17ClN2O3. The number of benzene rings is 1. The van der Waals surface area contributed by atoms with Gasteiger partial charge in [-0.15, -0.1) is 0 Å². The van der Waals surface area contributed by atoms with Gasteiger partial charge in [0.2, 0.25) is 0 Å². The molecule has 1 fully saturated rings. The van der Waals surface area contributed by atoms with Crippen molar-refractivity contribution in [3.8, 4) is 0 Å². The summed E-state index contributed by atoms with van der Waals surface area (Å²) in [6.07, 6.45) is 5.31. The van der Waals surface area contributed by atoms with Crippen LogP contribution in [0.2, 0.25) is 5.02 Å². The van der Waals surface area contributed by atoms with E-state index in [-0.39, 0.29) is 22.2 Å². The van der Waals surface area contributed by atoms with E-state index < -0.39 is 4.92 Å². The number of nitro groups is 1. The first-order chi connectivity index (χ1) is 9.59. The second-order valence-corrected chi connectivity index (χ2v) is 5.41. The number of rotatable bonds is 2. The van der Waals surface area contributed by atoms with Crippen LogP contribution >= 0.6 is 11.6 Å². The van der Waals surface area contributed by atoms with Crippen LogP contribution in [-0.2, 0) is 0 Å². The highest BCUT2D eigenvalue weighted by Gasteiger charge is 2.25. The van der Waals surface area contributed by atoms with Gasteiger partial charge in [0, 0.05) is 24.2 Å². The van der Waals surface area contributed by atoms with E-state index in [2.05, 4.69) is 0 Å². The average Bonchev–Trinajstić information content (AvgIpc) is 2.37. The fraction of sp³-hybridized carbons (Fsp3) is 0.500. The van der Waals surface area contributed by atoms with Crippen LogP contribution in [0.4, 0.5) is 5.69 Å². The third kappa shape index (κ3) is 3.48. The minimum Gasteiger partial charge on any atom is -0.338 e. The lowest BCUT2D eigenvalue weighted by atomic mass is 10.1. The molecule has 0 aromatic heterocycles. The van der Waals surface area contributed by atoms with Gasteiger partial charge in [-0.1, -0.05) is 30.9 Å². The molecule has 0 N–H and O–H groups in total. The van der Waals surface area contributed by atoms with E-state index in [4.69, 9.17) is 11.6 Å². The number of hydrogen-bond acceptors (Lipinski definition) is 3. The maximum absolute atomic E-state index is 12.5. The lowest BCUT2D eigenvalue weighted by Gasteiger charge is -2.24. The van der Waals surface area contributed by atoms with Crippen LogP contribution in [0.25, 0.3) is 0 Å². The number of carbonyl (C=O) groups excluding carboxylic acids is 1. The second-order valence-electron chi connectivity index (χ2n) is 4.98. The van der Waals surface area contributed by atoms with Crippen LogP contribution in [0, 0.1) is 10.1 Å². The maximum Gasteiger partial charge on any atom is 0.283 e. The van der Waals surface area contributed by atoms with Gasteiger partial charge in [0.1, 0.15) is 5.56 Å². The van der Waals surface area contributed by atoms with Gasteiger partial charge in [0.25, 0.3) is 11.6 Å². The second kappa shape index (κ2) is 6.70. The van der Waals surface area contributed by atoms with E-state index in [9.17, 15) is 14.9 Å². The standard InChI is InChI=1S/C14H17ClN2O3/c15-11-6-7-12(13(10-11)17(19)20)14(18)16-8-4-2-1-3-5-9-16/h6-7,10H,1-5,8-9H2. The maximum atomic E-state index is 12.5. The summed E-state index contributed by atoms with van der Waals surface area (Å²) in [5, 5.41) is 11.3. The van der Waals surface area contributed by atoms with Crippen LogP contribution < -0.4 is 0 Å². The number of nitrogens with zero attached hydrogens (tertiary/aromatic N) is 2. The number of hydrogen-bond donors (Lipinski definition) is 0. The number of nitro benzene ring substituents is 1. The topological polar surface area (TPSA) is 63.4 Å². The number of amides is 1. The molecule has 6 heteroatoms. The lowest BCUT2D eigenvalue weighted by Crippen LogP contribution is -2.34. The largest absolute Gasteiger partial charge is 0.338 e. The normalized spacial score (nSPS) is 16.4. The van der Waals surface area contributed by atoms with E-state index in [0.717, 1.165) is 25.7 Å². The molecule has 0 spiro atoms. The van der Waals surface area contributed by atoms with Gasteiger partial charge in [-0.2, -0.15) is 0 Å². The van der Waals surface area contributed by atoms with Crippen LogP contribution in [0.3, 0.4) is 0 Å². The van der Waals surface area contributed by atoms with Crippen molar-refractivity contribution in [1.82, 2.24) is 4.90 Å². The van der Waals surface area contributed by atoms with Crippen LogP contribution in [0.5, 0.6) is 0 Å². The van der Waals surface area contributed by atoms with Crippen molar-refractivity contribution in [2.24, 2.45) is 0 Å². The fourth-order valence-corrected chi connectivity index (χ4v) is 2.62. The van der Waals surface area contributed by atoms with E-state index in [1.165, 1.54) is 24.6 Å². The molecule has 20 heavy (non-hydrogen) atoms. The first-order valence-electron chi connectivity index (χ1n) is 6.83. The Morgan fingerprint density at radius 1 is 1.15 bits per heavy atom. The fourth-order valence-electron chi connectivity index (χ4n) is 2.46. The molecular weight excluding hydrogens is 280 g/mol. The summed E-state index contributed by atoms with van der Waals surface area (Å²) >= 11 is 5.77. The predicted octanol–water partition coefficient (Wildman–Crippen LogP) is 3.65. The van der Waals surface area contributed by atoms with Gasteiger partial charge < -0.3 is 4.90 Å². The number of carbonyl (C=O) groups is 1. The third-order valence-electron chi connectivity index (χ3n) is 3.53. The van der Waals surface area contributed by atoms with Crippen LogP contribution in [0.1, 0.15) is 42.5 Å². The molecule has 1 heterocycles. The molecule has 0 bridgehead atoms. The summed E-state index contributed by atoms with van der Waals surface area (Å²) < 4.78 is 0. The van der Waals surface area contributed by atoms with E-state index in [1.54, 1.807) is 4.90 Å². The summed E-state index contributed by atoms with van der Waals surface area (Å²) in [7, 11) is 0. The predicted molar refractivity (Wildman–Crippen MR) is 77.1 cm³/mol.